The second-order valence-corrected chi connectivity index (χ2v) is 7.95. The molecule has 0 amide bonds. The Morgan fingerprint density at radius 3 is 2.29 bits per heavy atom. The number of aromatic nitrogens is 1. The van der Waals surface area contributed by atoms with Crippen LogP contribution in [0, 0.1) is 0 Å². The normalized spacial score (nSPS) is 12.3. The molecule has 2 heterocycles. The quantitative estimate of drug-likeness (QED) is 0.318. The van der Waals surface area contributed by atoms with Gasteiger partial charge in [0.2, 0.25) is 0 Å². The summed E-state index contributed by atoms with van der Waals surface area (Å²) in [7, 11) is 2.22. The lowest BCUT2D eigenvalue weighted by Gasteiger charge is -2.09. The molecule has 2 heteroatoms. The molecular weight excluding hydrogens is 310 g/mol. The smallest absolute Gasteiger partial charge is 0.0670 e. The van der Waals surface area contributed by atoms with Gasteiger partial charge >= 0.3 is 0 Å². The van der Waals surface area contributed by atoms with Gasteiger partial charge < -0.3 is 4.57 Å². The number of para-hydroxylation sites is 1. The lowest BCUT2D eigenvalue weighted by atomic mass is 10.00. The van der Waals surface area contributed by atoms with E-state index in [-0.39, 0.29) is 0 Å². The van der Waals surface area contributed by atoms with Crippen molar-refractivity contribution in [1.82, 2.24) is 4.57 Å². The van der Waals surface area contributed by atoms with Gasteiger partial charge in [0.1, 0.15) is 0 Å². The van der Waals surface area contributed by atoms with E-state index in [0.717, 1.165) is 0 Å². The first-order valence-electron chi connectivity index (χ1n) is 8.48. The van der Waals surface area contributed by atoms with Crippen molar-refractivity contribution >= 4 is 53.3 Å². The van der Waals surface area contributed by atoms with Crippen LogP contribution in [0.4, 0.5) is 0 Å². The van der Waals surface area contributed by atoms with Crippen LogP contribution in [-0.4, -0.2) is 4.57 Å². The van der Waals surface area contributed by atoms with Gasteiger partial charge in [0.15, 0.2) is 0 Å². The molecule has 0 atom stereocenters. The number of aryl methyl sites for hydroxylation is 1. The Labute approximate surface area is 145 Å². The summed E-state index contributed by atoms with van der Waals surface area (Å²) < 4.78 is 5.19. The average molecular weight is 329 g/mol. The fraction of sp³-hybridized carbons (Fsp3) is 0.182. The second kappa shape index (κ2) is 4.84. The van der Waals surface area contributed by atoms with Crippen LogP contribution in [0.25, 0.3) is 42.0 Å². The minimum absolute atomic E-state index is 0.523. The summed E-state index contributed by atoms with van der Waals surface area (Å²) in [6.07, 6.45) is 0. The first-order valence-corrected chi connectivity index (χ1v) is 9.29. The Kier molecular flexibility index (Phi) is 2.84. The number of nitrogens with zero attached hydrogens (tertiary/aromatic N) is 1. The van der Waals surface area contributed by atoms with Gasteiger partial charge in [-0.15, -0.1) is 11.3 Å². The summed E-state index contributed by atoms with van der Waals surface area (Å²) in [6.45, 7) is 4.56. The monoisotopic (exact) mass is 329 g/mol. The minimum atomic E-state index is 0.523. The highest BCUT2D eigenvalue weighted by Gasteiger charge is 2.17. The van der Waals surface area contributed by atoms with E-state index in [4.69, 9.17) is 0 Å². The fourth-order valence-corrected chi connectivity index (χ4v) is 5.34. The zero-order valence-corrected chi connectivity index (χ0v) is 14.9. The van der Waals surface area contributed by atoms with Crippen LogP contribution in [0.15, 0.2) is 54.6 Å². The summed E-state index contributed by atoms with van der Waals surface area (Å²) in [5, 5.41) is 5.49. The van der Waals surface area contributed by atoms with Crippen LogP contribution in [0.5, 0.6) is 0 Å². The molecule has 2 aromatic heterocycles. The molecule has 0 unspecified atom stereocenters. The van der Waals surface area contributed by atoms with Crippen molar-refractivity contribution in [3.05, 3.63) is 60.2 Å². The Bertz CT molecular complexity index is 1240. The molecule has 0 saturated carbocycles. The lowest BCUT2D eigenvalue weighted by molar-refractivity contribution is 0.862. The summed E-state index contributed by atoms with van der Waals surface area (Å²) in [5.41, 5.74) is 4.18. The van der Waals surface area contributed by atoms with Gasteiger partial charge in [-0.3, -0.25) is 0 Å². The zero-order valence-electron chi connectivity index (χ0n) is 14.1. The van der Waals surface area contributed by atoms with E-state index < -0.39 is 0 Å². The van der Waals surface area contributed by atoms with E-state index in [1.807, 2.05) is 11.3 Å². The molecule has 0 aliphatic heterocycles. The Morgan fingerprint density at radius 2 is 1.46 bits per heavy atom. The molecule has 0 bridgehead atoms. The van der Waals surface area contributed by atoms with Gasteiger partial charge in [-0.05, 0) is 17.5 Å². The van der Waals surface area contributed by atoms with Crippen molar-refractivity contribution in [3.8, 4) is 0 Å². The summed E-state index contributed by atoms with van der Waals surface area (Å²) in [4.78, 5) is 0. The van der Waals surface area contributed by atoms with Gasteiger partial charge in [-0.25, -0.2) is 0 Å². The van der Waals surface area contributed by atoms with Gasteiger partial charge in [0.05, 0.1) is 15.7 Å². The maximum absolute atomic E-state index is 2.41. The van der Waals surface area contributed by atoms with E-state index in [1.54, 1.807) is 0 Å². The highest BCUT2D eigenvalue weighted by atomic mass is 32.1. The highest BCUT2D eigenvalue weighted by molar-refractivity contribution is 7.26. The zero-order chi connectivity index (χ0) is 16.4. The maximum atomic E-state index is 2.41. The number of rotatable bonds is 1. The molecule has 118 valence electrons. The van der Waals surface area contributed by atoms with E-state index in [2.05, 4.69) is 80.1 Å². The van der Waals surface area contributed by atoms with Crippen LogP contribution >= 0.6 is 11.3 Å². The first-order chi connectivity index (χ1) is 11.7. The van der Waals surface area contributed by atoms with Gasteiger partial charge in [0.25, 0.3) is 0 Å². The summed E-state index contributed by atoms with van der Waals surface area (Å²) in [6, 6.07) is 20.1. The van der Waals surface area contributed by atoms with E-state index in [0.29, 0.717) is 5.92 Å². The van der Waals surface area contributed by atoms with Crippen molar-refractivity contribution in [2.24, 2.45) is 7.05 Å². The van der Waals surface area contributed by atoms with Crippen LogP contribution in [0.3, 0.4) is 0 Å². The number of thiophene rings is 1. The molecule has 1 nitrogen and oxygen atoms in total. The molecule has 0 fully saturated rings. The third-order valence-corrected chi connectivity index (χ3v) is 6.36. The maximum Gasteiger partial charge on any atom is 0.0670 e. The Balaban J connectivity index is 2.07. The van der Waals surface area contributed by atoms with Crippen molar-refractivity contribution in [1.29, 1.82) is 0 Å². The number of benzene rings is 3. The minimum Gasteiger partial charge on any atom is -0.342 e. The SMILES string of the molecule is CC(C)c1cccc2c3ccc4c5ccccc5sc4c3n(C)c12. The Hall–Kier alpha value is -2.32. The predicted molar refractivity (Wildman–Crippen MR) is 107 cm³/mol. The van der Waals surface area contributed by atoms with E-state index in [1.165, 1.54) is 47.5 Å². The third-order valence-electron chi connectivity index (χ3n) is 5.17. The molecule has 24 heavy (non-hydrogen) atoms. The largest absolute Gasteiger partial charge is 0.342 e. The van der Waals surface area contributed by atoms with Gasteiger partial charge in [-0.1, -0.05) is 62.4 Å². The van der Waals surface area contributed by atoms with Crippen LogP contribution in [0.1, 0.15) is 25.3 Å². The molecule has 0 radical (unpaired) electrons. The van der Waals surface area contributed by atoms with Crippen molar-refractivity contribution in [3.63, 3.8) is 0 Å². The highest BCUT2D eigenvalue weighted by Crippen LogP contribution is 2.42. The lowest BCUT2D eigenvalue weighted by Crippen LogP contribution is -1.94. The number of fused-ring (bicyclic) bond motifs is 7. The molecule has 0 aliphatic carbocycles. The Morgan fingerprint density at radius 1 is 0.750 bits per heavy atom. The predicted octanol–water partition coefficient (Wildman–Crippen LogP) is 6.82. The second-order valence-electron chi connectivity index (χ2n) is 6.89. The molecule has 0 spiro atoms. The summed E-state index contributed by atoms with van der Waals surface area (Å²) >= 11 is 1.91. The molecule has 0 saturated heterocycles. The molecule has 5 rings (SSSR count). The van der Waals surface area contributed by atoms with E-state index in [9.17, 15) is 0 Å². The van der Waals surface area contributed by atoms with Crippen LogP contribution in [-0.2, 0) is 7.05 Å². The first kappa shape index (κ1) is 14.1. The number of hydrogen-bond donors (Lipinski definition) is 0. The van der Waals surface area contributed by atoms with Crippen LogP contribution in [0.2, 0.25) is 0 Å². The van der Waals surface area contributed by atoms with Crippen LogP contribution < -0.4 is 0 Å². The van der Waals surface area contributed by atoms with Crippen molar-refractivity contribution < 1.29 is 0 Å². The molecular formula is C22H19NS. The number of hydrogen-bond acceptors (Lipinski definition) is 1. The molecule has 0 N–H and O–H groups in total. The third kappa shape index (κ3) is 1.69. The van der Waals surface area contributed by atoms with Crippen molar-refractivity contribution in [2.45, 2.75) is 19.8 Å². The standard InChI is InChI=1S/C22H19NS/c1-13(2)14-8-6-9-16-17-11-12-18-15-7-4-5-10-19(15)24-22(18)21(17)23(3)20(14)16/h4-13H,1-3H3. The fourth-order valence-electron chi connectivity index (χ4n) is 4.06. The van der Waals surface area contributed by atoms with Gasteiger partial charge in [0, 0.05) is 33.3 Å². The average Bonchev–Trinajstić information content (AvgIpc) is 3.11. The molecule has 0 aliphatic rings. The van der Waals surface area contributed by atoms with Gasteiger partial charge in [-0.2, -0.15) is 0 Å². The van der Waals surface area contributed by atoms with Crippen molar-refractivity contribution in [2.75, 3.05) is 0 Å². The topological polar surface area (TPSA) is 4.93 Å². The van der Waals surface area contributed by atoms with E-state index >= 15 is 0 Å². The molecule has 3 aromatic carbocycles. The summed E-state index contributed by atoms with van der Waals surface area (Å²) in [5.74, 6) is 0.523. The molecule has 5 aromatic rings.